The number of ether oxygens (including phenoxy) is 2. The average Bonchev–Trinajstić information content (AvgIpc) is 3.38. The van der Waals surface area contributed by atoms with E-state index in [2.05, 4.69) is 24.0 Å². The third-order valence-corrected chi connectivity index (χ3v) is 6.34. The molecule has 3 aromatic rings. The summed E-state index contributed by atoms with van der Waals surface area (Å²) in [6.45, 7) is 8.04. The number of nitrogens with two attached hydrogens (primary N) is 1. The van der Waals surface area contributed by atoms with Crippen LogP contribution in [-0.2, 0) is 11.2 Å². The van der Waals surface area contributed by atoms with Crippen molar-refractivity contribution in [3.05, 3.63) is 41.1 Å². The largest absolute Gasteiger partial charge is 0.497 e. The zero-order chi connectivity index (χ0) is 27.1. The van der Waals surface area contributed by atoms with E-state index in [0.717, 1.165) is 35.2 Å². The van der Waals surface area contributed by atoms with Gasteiger partial charge in [-0.15, -0.1) is 0 Å². The van der Waals surface area contributed by atoms with Gasteiger partial charge in [-0.2, -0.15) is 4.98 Å². The second kappa shape index (κ2) is 12.6. The van der Waals surface area contributed by atoms with Crippen molar-refractivity contribution >= 4 is 5.91 Å². The molecule has 0 bridgehead atoms. The molecule has 1 aromatic carbocycles. The molecule has 2 heterocycles. The fraction of sp³-hybridized carbons (Fsp3) is 0.481. The number of carbonyl (C=O) groups is 1. The lowest BCUT2D eigenvalue weighted by atomic mass is 9.98. The number of aryl methyl sites for hydroxylation is 2. The summed E-state index contributed by atoms with van der Waals surface area (Å²) in [6.07, 6.45) is -0.0959. The lowest BCUT2D eigenvalue weighted by molar-refractivity contribution is -0.127. The van der Waals surface area contributed by atoms with Crippen LogP contribution in [0.25, 0.3) is 23.0 Å². The number of aliphatic hydroxyl groups is 2. The summed E-state index contributed by atoms with van der Waals surface area (Å²) in [7, 11) is 1.62. The van der Waals surface area contributed by atoms with E-state index in [4.69, 9.17) is 24.7 Å². The van der Waals surface area contributed by atoms with E-state index in [9.17, 15) is 15.0 Å². The molecule has 0 saturated heterocycles. The molecule has 10 nitrogen and oxygen atoms in total. The Morgan fingerprint density at radius 2 is 1.84 bits per heavy atom. The Morgan fingerprint density at radius 1 is 1.11 bits per heavy atom. The Bertz CT molecular complexity index is 1210. The van der Waals surface area contributed by atoms with Gasteiger partial charge >= 0.3 is 0 Å². The minimum absolute atomic E-state index is 0.0930. The Kier molecular flexibility index (Phi) is 9.60. The fourth-order valence-electron chi connectivity index (χ4n) is 4.18. The number of aliphatic hydroxyl groups excluding tert-OH is 2. The van der Waals surface area contributed by atoms with Crippen LogP contribution in [0.3, 0.4) is 0 Å². The van der Waals surface area contributed by atoms with Gasteiger partial charge in [-0.05, 0) is 49.4 Å². The number of hydrogen-bond donors (Lipinski definition) is 3. The summed E-state index contributed by atoms with van der Waals surface area (Å²) in [5.41, 5.74) is 8.99. The zero-order valence-corrected chi connectivity index (χ0v) is 22.0. The fourth-order valence-corrected chi connectivity index (χ4v) is 4.18. The summed E-state index contributed by atoms with van der Waals surface area (Å²) in [6, 6.07) is 7.52. The van der Waals surface area contributed by atoms with Crippen molar-refractivity contribution in [2.24, 2.45) is 5.73 Å². The molecule has 1 unspecified atom stereocenters. The Balaban J connectivity index is 1.86. The molecule has 200 valence electrons. The first kappa shape index (κ1) is 28.1. The third kappa shape index (κ3) is 6.84. The Morgan fingerprint density at radius 3 is 2.46 bits per heavy atom. The second-order valence-corrected chi connectivity index (χ2v) is 9.01. The first-order valence-corrected chi connectivity index (χ1v) is 12.5. The highest BCUT2D eigenvalue weighted by Crippen LogP contribution is 2.33. The highest BCUT2D eigenvalue weighted by atomic mass is 16.5. The van der Waals surface area contributed by atoms with E-state index < -0.39 is 18.1 Å². The van der Waals surface area contributed by atoms with Gasteiger partial charge in [-0.25, -0.2) is 4.98 Å². The van der Waals surface area contributed by atoms with E-state index >= 15 is 0 Å². The predicted octanol–water partition coefficient (Wildman–Crippen LogP) is 3.56. The first-order chi connectivity index (χ1) is 17.7. The van der Waals surface area contributed by atoms with Crippen molar-refractivity contribution < 1.29 is 29.0 Å². The Labute approximate surface area is 216 Å². The minimum Gasteiger partial charge on any atom is -0.497 e. The van der Waals surface area contributed by atoms with Crippen molar-refractivity contribution in [1.82, 2.24) is 15.1 Å². The number of rotatable bonds is 13. The molecule has 0 fully saturated rings. The van der Waals surface area contributed by atoms with Gasteiger partial charge < -0.3 is 29.9 Å². The summed E-state index contributed by atoms with van der Waals surface area (Å²) in [5, 5.41) is 23.9. The van der Waals surface area contributed by atoms with E-state index in [0.29, 0.717) is 41.2 Å². The number of methoxy groups -OCH3 is 1. The molecule has 37 heavy (non-hydrogen) atoms. The van der Waals surface area contributed by atoms with Gasteiger partial charge in [0.05, 0.1) is 13.2 Å². The maximum Gasteiger partial charge on any atom is 0.276 e. The van der Waals surface area contributed by atoms with Gasteiger partial charge in [-0.1, -0.05) is 25.9 Å². The molecule has 4 N–H and O–H groups in total. The molecule has 2 atom stereocenters. The van der Waals surface area contributed by atoms with Crippen molar-refractivity contribution in [3.8, 4) is 34.5 Å². The molecule has 0 radical (unpaired) electrons. The Hall–Kier alpha value is -3.50. The molecule has 0 aliphatic carbocycles. The highest BCUT2D eigenvalue weighted by molar-refractivity contribution is 5.78. The summed E-state index contributed by atoms with van der Waals surface area (Å²) < 4.78 is 16.9. The molecule has 10 heteroatoms. The number of nitrogens with zero attached hydrogens (tertiary/aromatic N) is 3. The second-order valence-electron chi connectivity index (χ2n) is 9.01. The average molecular weight is 513 g/mol. The molecule has 0 saturated carbocycles. The van der Waals surface area contributed by atoms with Crippen molar-refractivity contribution in [3.63, 3.8) is 0 Å². The normalized spacial score (nSPS) is 13.0. The van der Waals surface area contributed by atoms with Crippen molar-refractivity contribution in [2.45, 2.75) is 71.5 Å². The number of benzene rings is 1. The van der Waals surface area contributed by atoms with Gasteiger partial charge in [0.2, 0.25) is 11.7 Å². The quantitative estimate of drug-likeness (QED) is 0.312. The molecule has 1 amide bonds. The van der Waals surface area contributed by atoms with Gasteiger partial charge in [0.25, 0.3) is 5.89 Å². The van der Waals surface area contributed by atoms with Gasteiger partial charge in [0, 0.05) is 35.7 Å². The van der Waals surface area contributed by atoms with Crippen LogP contribution in [0.5, 0.6) is 11.5 Å². The van der Waals surface area contributed by atoms with Gasteiger partial charge in [-0.3, -0.25) is 4.79 Å². The smallest absolute Gasteiger partial charge is 0.276 e. The number of primary amides is 1. The zero-order valence-electron chi connectivity index (χ0n) is 22.0. The summed E-state index contributed by atoms with van der Waals surface area (Å²) in [5.74, 6) is 1.43. The van der Waals surface area contributed by atoms with E-state index in [1.165, 1.54) is 0 Å². The number of amides is 1. The molecule has 0 aliphatic rings. The van der Waals surface area contributed by atoms with E-state index in [-0.39, 0.29) is 13.0 Å². The predicted molar refractivity (Wildman–Crippen MR) is 138 cm³/mol. The maximum absolute atomic E-state index is 11.0. The third-order valence-electron chi connectivity index (χ3n) is 6.34. The number of aromatic nitrogens is 3. The highest BCUT2D eigenvalue weighted by Gasteiger charge is 2.20. The maximum atomic E-state index is 11.0. The lowest BCUT2D eigenvalue weighted by Crippen LogP contribution is -2.33. The van der Waals surface area contributed by atoms with Crippen molar-refractivity contribution in [1.29, 1.82) is 0 Å². The molecular formula is C27H36N4O6. The van der Waals surface area contributed by atoms with Crippen LogP contribution in [0.4, 0.5) is 0 Å². The molecule has 0 spiro atoms. The molecule has 2 aromatic heterocycles. The summed E-state index contributed by atoms with van der Waals surface area (Å²) >= 11 is 0. The SMILES string of the molecule is CCc1cc(-c2noc(-c3cc(OC)cc(C(CC)CC)n3)n2)cc(C)c1OC[C@@H](O)CC(O)C(N)=O. The molecular weight excluding hydrogens is 476 g/mol. The van der Waals surface area contributed by atoms with Crippen LogP contribution in [0.2, 0.25) is 0 Å². The molecule has 3 rings (SSSR count). The number of hydrogen-bond acceptors (Lipinski definition) is 9. The minimum atomic E-state index is -1.43. The monoisotopic (exact) mass is 512 g/mol. The topological polar surface area (TPSA) is 154 Å². The van der Waals surface area contributed by atoms with Crippen LogP contribution in [-0.4, -0.2) is 57.2 Å². The molecule has 0 aliphatic heterocycles. The van der Waals surface area contributed by atoms with Crippen LogP contribution >= 0.6 is 0 Å². The van der Waals surface area contributed by atoms with Crippen molar-refractivity contribution in [2.75, 3.05) is 13.7 Å². The van der Waals surface area contributed by atoms with Gasteiger partial charge in [0.15, 0.2) is 0 Å². The van der Waals surface area contributed by atoms with Gasteiger partial charge in [0.1, 0.15) is 29.9 Å². The number of pyridine rings is 1. The van der Waals surface area contributed by atoms with Crippen LogP contribution in [0.15, 0.2) is 28.8 Å². The number of carbonyl (C=O) groups excluding carboxylic acids is 1. The lowest BCUT2D eigenvalue weighted by Gasteiger charge is -2.18. The van der Waals surface area contributed by atoms with E-state index in [1.54, 1.807) is 13.2 Å². The van der Waals surface area contributed by atoms with Crippen LogP contribution < -0.4 is 15.2 Å². The van der Waals surface area contributed by atoms with Crippen LogP contribution in [0.1, 0.15) is 62.8 Å². The summed E-state index contributed by atoms with van der Waals surface area (Å²) in [4.78, 5) is 20.4. The first-order valence-electron chi connectivity index (χ1n) is 12.5. The van der Waals surface area contributed by atoms with E-state index in [1.807, 2.05) is 32.0 Å². The van der Waals surface area contributed by atoms with Crippen LogP contribution in [0, 0.1) is 6.92 Å². The standard InChI is InChI=1S/C27H36N4O6/c1-6-16(7-2)21-12-20(35-5)13-22(29-21)27-30-26(31-37-27)18-9-15(4)24(17(8-3)10-18)36-14-19(32)11-23(33)25(28)34/h9-10,12-13,16,19,23,32-33H,6-8,11,14H2,1-5H3,(H2,28,34)/t19-,23?/m0/s1.